The number of likely N-dealkylation sites (N-methyl/N-ethyl adjacent to an activating group) is 1. The molecule has 0 bridgehead atoms. The van der Waals surface area contributed by atoms with Gasteiger partial charge in [-0.25, -0.2) is 4.98 Å². The predicted molar refractivity (Wildman–Crippen MR) is 118 cm³/mol. The highest BCUT2D eigenvalue weighted by Crippen LogP contribution is 2.23. The van der Waals surface area contributed by atoms with Crippen molar-refractivity contribution in [2.45, 2.75) is 13.0 Å². The van der Waals surface area contributed by atoms with E-state index in [0.29, 0.717) is 5.82 Å². The molecule has 4 rings (SSSR count). The van der Waals surface area contributed by atoms with E-state index in [1.165, 1.54) is 37.3 Å². The lowest BCUT2D eigenvalue weighted by atomic mass is 10.1. The van der Waals surface area contributed by atoms with Crippen LogP contribution in [0, 0.1) is 0 Å². The maximum atomic E-state index is 5.94. The van der Waals surface area contributed by atoms with Crippen LogP contribution in [0.25, 0.3) is 10.8 Å². The Kier molecular flexibility index (Phi) is 5.74. The molecule has 3 N–H and O–H groups in total. The van der Waals surface area contributed by atoms with Gasteiger partial charge in [0.15, 0.2) is 0 Å². The van der Waals surface area contributed by atoms with Gasteiger partial charge in [0.05, 0.1) is 0 Å². The number of piperazine rings is 1. The molecule has 1 aromatic heterocycles. The van der Waals surface area contributed by atoms with Crippen LogP contribution in [-0.2, 0) is 13.0 Å². The summed E-state index contributed by atoms with van der Waals surface area (Å²) in [5.74, 6) is 0.581. The van der Waals surface area contributed by atoms with Crippen LogP contribution in [0.3, 0.4) is 0 Å². The van der Waals surface area contributed by atoms with Crippen LogP contribution in [-0.4, -0.2) is 54.6 Å². The lowest BCUT2D eigenvalue weighted by molar-refractivity contribution is 0.155. The van der Waals surface area contributed by atoms with Crippen molar-refractivity contribution in [3.05, 3.63) is 65.9 Å². The Labute approximate surface area is 167 Å². The molecule has 2 heterocycles. The van der Waals surface area contributed by atoms with Gasteiger partial charge in [-0.2, -0.15) is 0 Å². The zero-order valence-corrected chi connectivity index (χ0v) is 16.6. The Morgan fingerprint density at radius 3 is 2.68 bits per heavy atom. The second kappa shape index (κ2) is 8.59. The Morgan fingerprint density at radius 2 is 1.82 bits per heavy atom. The van der Waals surface area contributed by atoms with E-state index in [4.69, 9.17) is 5.73 Å². The third-order valence-electron chi connectivity index (χ3n) is 5.60. The Morgan fingerprint density at radius 1 is 1.00 bits per heavy atom. The van der Waals surface area contributed by atoms with Crippen LogP contribution in [0.5, 0.6) is 0 Å². The van der Waals surface area contributed by atoms with Gasteiger partial charge in [0, 0.05) is 56.5 Å². The first-order valence-corrected chi connectivity index (χ1v) is 10.0. The molecule has 0 amide bonds. The molecule has 3 aromatic rings. The SMILES string of the molecule is CN1CCN(CCc2cccc(CNc3ccc4c(N)nccc4c3)c2)CC1. The minimum Gasteiger partial charge on any atom is -0.383 e. The minimum atomic E-state index is 0.581. The van der Waals surface area contributed by atoms with Crippen LogP contribution in [0.2, 0.25) is 0 Å². The van der Waals surface area contributed by atoms with Gasteiger partial charge in [-0.1, -0.05) is 24.3 Å². The summed E-state index contributed by atoms with van der Waals surface area (Å²) in [5, 5.41) is 5.64. The van der Waals surface area contributed by atoms with E-state index < -0.39 is 0 Å². The van der Waals surface area contributed by atoms with Gasteiger partial charge in [0.1, 0.15) is 5.82 Å². The molecular weight excluding hydrogens is 346 g/mol. The first-order chi connectivity index (χ1) is 13.7. The zero-order valence-electron chi connectivity index (χ0n) is 16.6. The van der Waals surface area contributed by atoms with Crippen LogP contribution < -0.4 is 11.1 Å². The molecule has 0 unspecified atom stereocenters. The second-order valence-electron chi connectivity index (χ2n) is 7.70. The molecule has 1 saturated heterocycles. The van der Waals surface area contributed by atoms with Crippen molar-refractivity contribution in [2.24, 2.45) is 0 Å². The number of pyridine rings is 1. The maximum absolute atomic E-state index is 5.94. The lowest BCUT2D eigenvalue weighted by Crippen LogP contribution is -2.45. The average molecular weight is 376 g/mol. The molecule has 2 aromatic carbocycles. The molecule has 5 heteroatoms. The quantitative estimate of drug-likeness (QED) is 0.693. The second-order valence-corrected chi connectivity index (χ2v) is 7.70. The van der Waals surface area contributed by atoms with Crippen molar-refractivity contribution >= 4 is 22.3 Å². The number of nitrogens with two attached hydrogens (primary N) is 1. The van der Waals surface area contributed by atoms with E-state index in [-0.39, 0.29) is 0 Å². The third kappa shape index (κ3) is 4.61. The van der Waals surface area contributed by atoms with Crippen molar-refractivity contribution in [3.63, 3.8) is 0 Å². The van der Waals surface area contributed by atoms with Gasteiger partial charge in [0.2, 0.25) is 0 Å². The largest absolute Gasteiger partial charge is 0.383 e. The van der Waals surface area contributed by atoms with Crippen molar-refractivity contribution in [3.8, 4) is 0 Å². The number of hydrogen-bond acceptors (Lipinski definition) is 5. The van der Waals surface area contributed by atoms with Gasteiger partial charge in [-0.3, -0.25) is 0 Å². The molecule has 146 valence electrons. The summed E-state index contributed by atoms with van der Waals surface area (Å²) in [6, 6.07) is 17.2. The molecule has 0 atom stereocenters. The Hall–Kier alpha value is -2.63. The summed E-state index contributed by atoms with van der Waals surface area (Å²) in [4.78, 5) is 9.12. The van der Waals surface area contributed by atoms with Crippen molar-refractivity contribution in [2.75, 3.05) is 50.8 Å². The van der Waals surface area contributed by atoms with Crippen molar-refractivity contribution in [1.29, 1.82) is 0 Å². The molecular formula is C23H29N5. The number of aromatic nitrogens is 1. The Balaban J connectivity index is 1.34. The van der Waals surface area contributed by atoms with Crippen LogP contribution in [0.4, 0.5) is 11.5 Å². The summed E-state index contributed by atoms with van der Waals surface area (Å²) >= 11 is 0. The molecule has 1 aliphatic heterocycles. The summed E-state index contributed by atoms with van der Waals surface area (Å²) in [7, 11) is 2.20. The van der Waals surface area contributed by atoms with Gasteiger partial charge >= 0.3 is 0 Å². The van der Waals surface area contributed by atoms with Gasteiger partial charge in [-0.15, -0.1) is 0 Å². The molecule has 0 spiro atoms. The molecule has 0 radical (unpaired) electrons. The van der Waals surface area contributed by atoms with E-state index in [1.54, 1.807) is 6.20 Å². The van der Waals surface area contributed by atoms with Crippen molar-refractivity contribution in [1.82, 2.24) is 14.8 Å². The topological polar surface area (TPSA) is 57.4 Å². The fraction of sp³-hybridized carbons (Fsp3) is 0.348. The monoisotopic (exact) mass is 375 g/mol. The first kappa shape index (κ1) is 18.7. The number of nitrogens with zero attached hydrogens (tertiary/aromatic N) is 3. The average Bonchev–Trinajstić information content (AvgIpc) is 2.72. The molecule has 0 aliphatic carbocycles. The van der Waals surface area contributed by atoms with E-state index in [9.17, 15) is 0 Å². The van der Waals surface area contributed by atoms with Gasteiger partial charge in [-0.05, 0) is 54.2 Å². The molecule has 5 nitrogen and oxygen atoms in total. The summed E-state index contributed by atoms with van der Waals surface area (Å²) in [6.07, 6.45) is 2.87. The zero-order chi connectivity index (χ0) is 19.3. The minimum absolute atomic E-state index is 0.581. The number of benzene rings is 2. The molecule has 1 fully saturated rings. The highest BCUT2D eigenvalue weighted by Gasteiger charge is 2.13. The number of nitrogen functional groups attached to an aromatic ring is 1. The summed E-state index contributed by atoms with van der Waals surface area (Å²) in [6.45, 7) is 6.67. The third-order valence-corrected chi connectivity index (χ3v) is 5.60. The fourth-order valence-electron chi connectivity index (χ4n) is 3.77. The van der Waals surface area contributed by atoms with Crippen LogP contribution in [0.15, 0.2) is 54.7 Å². The Bertz CT molecular complexity index is 931. The van der Waals surface area contributed by atoms with E-state index >= 15 is 0 Å². The van der Waals surface area contributed by atoms with Crippen molar-refractivity contribution < 1.29 is 0 Å². The molecule has 1 aliphatic rings. The molecule has 0 saturated carbocycles. The standard InChI is InChI=1S/C23H29N5/c1-27-11-13-28(14-12-27)10-8-18-3-2-4-19(15-18)17-26-21-5-6-22-20(16-21)7-9-25-23(22)24/h2-7,9,15-16,26H,8,10-14,17H2,1H3,(H2,24,25). The van der Waals surface area contributed by atoms with E-state index in [0.717, 1.165) is 36.0 Å². The fourth-order valence-corrected chi connectivity index (χ4v) is 3.77. The smallest absolute Gasteiger partial charge is 0.131 e. The van der Waals surface area contributed by atoms with Gasteiger partial charge < -0.3 is 20.9 Å². The highest BCUT2D eigenvalue weighted by molar-refractivity contribution is 5.92. The molecule has 28 heavy (non-hydrogen) atoms. The summed E-state index contributed by atoms with van der Waals surface area (Å²) < 4.78 is 0. The lowest BCUT2D eigenvalue weighted by Gasteiger charge is -2.32. The van der Waals surface area contributed by atoms with Gasteiger partial charge in [0.25, 0.3) is 0 Å². The summed E-state index contributed by atoms with van der Waals surface area (Å²) in [5.41, 5.74) is 9.76. The van der Waals surface area contributed by atoms with Crippen LogP contribution in [0.1, 0.15) is 11.1 Å². The number of fused-ring (bicyclic) bond motifs is 1. The highest BCUT2D eigenvalue weighted by atomic mass is 15.2. The maximum Gasteiger partial charge on any atom is 0.131 e. The normalized spacial score (nSPS) is 15.8. The number of anilines is 2. The van der Waals surface area contributed by atoms with E-state index in [1.807, 2.05) is 12.1 Å². The number of nitrogens with one attached hydrogen (secondary N) is 1. The number of hydrogen-bond donors (Lipinski definition) is 2. The number of rotatable bonds is 6. The first-order valence-electron chi connectivity index (χ1n) is 10.0. The predicted octanol–water partition coefficient (Wildman–Crippen LogP) is 3.22. The van der Waals surface area contributed by atoms with Crippen LogP contribution >= 0.6 is 0 Å². The van der Waals surface area contributed by atoms with E-state index in [2.05, 4.69) is 63.5 Å².